The van der Waals surface area contributed by atoms with Crippen molar-refractivity contribution in [2.45, 2.75) is 32.1 Å². The number of hydrogen-bond acceptors (Lipinski definition) is 5. The van der Waals surface area contributed by atoms with E-state index in [0.29, 0.717) is 32.1 Å². The molecule has 7 heteroatoms. The van der Waals surface area contributed by atoms with Crippen LogP contribution in [-0.4, -0.2) is 53.5 Å². The number of carbonyl (C=O) groups is 1. The minimum Gasteiger partial charge on any atom is -0.370 e. The third kappa shape index (κ3) is 3.53. The lowest BCUT2D eigenvalue weighted by molar-refractivity contribution is -0.134. The van der Waals surface area contributed by atoms with Crippen molar-refractivity contribution in [3.05, 3.63) is 47.4 Å². The number of aryl methyl sites for hydroxylation is 1. The van der Waals surface area contributed by atoms with E-state index in [-0.39, 0.29) is 11.7 Å². The summed E-state index contributed by atoms with van der Waals surface area (Å²) in [6, 6.07) is 8.32. The van der Waals surface area contributed by atoms with Crippen LogP contribution in [0.3, 0.4) is 0 Å². The molecule has 2 heterocycles. The molecule has 0 bridgehead atoms. The van der Waals surface area contributed by atoms with Crippen LogP contribution in [0.15, 0.2) is 30.3 Å². The van der Waals surface area contributed by atoms with E-state index in [1.165, 1.54) is 12.1 Å². The van der Waals surface area contributed by atoms with Gasteiger partial charge in [0, 0.05) is 44.5 Å². The first-order valence-corrected chi connectivity index (χ1v) is 9.92. The van der Waals surface area contributed by atoms with E-state index in [1.54, 1.807) is 12.1 Å². The fourth-order valence-corrected chi connectivity index (χ4v) is 3.90. The first-order valence-electron chi connectivity index (χ1n) is 9.92. The number of anilines is 2. The van der Waals surface area contributed by atoms with Crippen LogP contribution < -0.4 is 10.2 Å². The third-order valence-corrected chi connectivity index (χ3v) is 5.61. The lowest BCUT2D eigenvalue weighted by atomic mass is 9.94. The zero-order chi connectivity index (χ0) is 19.7. The molecule has 148 valence electrons. The van der Waals surface area contributed by atoms with Gasteiger partial charge in [0.05, 0.1) is 5.41 Å². The predicted octanol–water partition coefficient (Wildman–Crippen LogP) is 2.74. The largest absolute Gasteiger partial charge is 0.370 e. The molecule has 1 N–H and O–H groups in total. The fourth-order valence-electron chi connectivity index (χ4n) is 3.90. The Morgan fingerprint density at radius 3 is 2.43 bits per heavy atom. The molecule has 2 aromatic rings. The number of amides is 1. The normalized spacial score (nSPS) is 18.1. The van der Waals surface area contributed by atoms with Crippen LogP contribution in [-0.2, 0) is 10.2 Å². The first-order chi connectivity index (χ1) is 13.5. The smallest absolute Gasteiger partial charge is 0.233 e. The Morgan fingerprint density at radius 1 is 1.14 bits per heavy atom. The molecule has 1 saturated carbocycles. The summed E-state index contributed by atoms with van der Waals surface area (Å²) < 4.78 is 13.2. The van der Waals surface area contributed by atoms with E-state index in [2.05, 4.69) is 20.2 Å². The lowest BCUT2D eigenvalue weighted by Crippen LogP contribution is -2.52. The number of nitrogens with zero attached hydrogens (tertiary/aromatic N) is 4. The molecule has 1 aromatic carbocycles. The summed E-state index contributed by atoms with van der Waals surface area (Å²) in [7, 11) is 0. The van der Waals surface area contributed by atoms with Crippen LogP contribution in [0.25, 0.3) is 0 Å². The zero-order valence-corrected chi connectivity index (χ0v) is 16.4. The summed E-state index contributed by atoms with van der Waals surface area (Å²) in [4.78, 5) is 26.4. The number of benzene rings is 1. The molecule has 0 radical (unpaired) electrons. The second kappa shape index (κ2) is 7.37. The van der Waals surface area contributed by atoms with Crippen molar-refractivity contribution in [3.8, 4) is 0 Å². The van der Waals surface area contributed by atoms with Crippen LogP contribution in [0.2, 0.25) is 0 Å². The Labute approximate surface area is 164 Å². The SMILES string of the molecule is CCNc1cc(C)nc(N2CCN(C(=O)C3(c4ccc(F)cc4)CC3)CC2)n1. The van der Waals surface area contributed by atoms with E-state index >= 15 is 0 Å². The summed E-state index contributed by atoms with van der Waals surface area (Å²) in [6.07, 6.45) is 1.68. The maximum absolute atomic E-state index is 13.2. The van der Waals surface area contributed by atoms with Crippen LogP contribution in [0.1, 0.15) is 31.0 Å². The van der Waals surface area contributed by atoms with Crippen molar-refractivity contribution in [1.29, 1.82) is 0 Å². The summed E-state index contributed by atoms with van der Waals surface area (Å²) in [5, 5.41) is 3.24. The number of aromatic nitrogens is 2. The summed E-state index contributed by atoms with van der Waals surface area (Å²) >= 11 is 0. The second-order valence-electron chi connectivity index (χ2n) is 7.59. The standard InChI is InChI=1S/C21H26FN5O/c1-3-23-18-14-15(2)24-20(25-18)27-12-10-26(11-13-27)19(28)21(8-9-21)16-4-6-17(22)7-5-16/h4-7,14H,3,8-13H2,1-2H3,(H,23,24,25). The van der Waals surface area contributed by atoms with Crippen LogP contribution in [0, 0.1) is 12.7 Å². The number of hydrogen-bond donors (Lipinski definition) is 1. The minimum atomic E-state index is -0.450. The van der Waals surface area contributed by atoms with E-state index in [0.717, 1.165) is 36.5 Å². The Morgan fingerprint density at radius 2 is 1.82 bits per heavy atom. The van der Waals surface area contributed by atoms with Crippen molar-refractivity contribution < 1.29 is 9.18 Å². The predicted molar refractivity (Wildman–Crippen MR) is 107 cm³/mol. The highest BCUT2D eigenvalue weighted by Gasteiger charge is 2.53. The van der Waals surface area contributed by atoms with Crippen LogP contribution in [0.4, 0.5) is 16.2 Å². The van der Waals surface area contributed by atoms with E-state index in [1.807, 2.05) is 24.8 Å². The summed E-state index contributed by atoms with van der Waals surface area (Å²) in [5.74, 6) is 1.44. The summed E-state index contributed by atoms with van der Waals surface area (Å²) in [5.41, 5.74) is 1.40. The maximum Gasteiger partial charge on any atom is 0.233 e. The van der Waals surface area contributed by atoms with Gasteiger partial charge in [-0.1, -0.05) is 12.1 Å². The highest BCUT2D eigenvalue weighted by molar-refractivity contribution is 5.91. The van der Waals surface area contributed by atoms with Gasteiger partial charge in [-0.3, -0.25) is 4.79 Å². The molecule has 1 saturated heterocycles. The molecule has 6 nitrogen and oxygen atoms in total. The Hall–Kier alpha value is -2.70. The van der Waals surface area contributed by atoms with Gasteiger partial charge in [-0.25, -0.2) is 9.37 Å². The molecule has 0 spiro atoms. The number of carbonyl (C=O) groups excluding carboxylic acids is 1. The first kappa shape index (κ1) is 18.7. The highest BCUT2D eigenvalue weighted by Crippen LogP contribution is 2.49. The number of nitrogens with one attached hydrogen (secondary N) is 1. The quantitative estimate of drug-likeness (QED) is 0.860. The molecular weight excluding hydrogens is 357 g/mol. The average Bonchev–Trinajstić information content (AvgIpc) is 3.50. The molecule has 1 amide bonds. The molecule has 1 aliphatic heterocycles. The molecule has 0 unspecified atom stereocenters. The van der Waals surface area contributed by atoms with Crippen molar-refractivity contribution in [1.82, 2.24) is 14.9 Å². The Balaban J connectivity index is 1.43. The van der Waals surface area contributed by atoms with Gasteiger partial charge in [0.15, 0.2) is 0 Å². The zero-order valence-electron chi connectivity index (χ0n) is 16.4. The summed E-state index contributed by atoms with van der Waals surface area (Å²) in [6.45, 7) is 7.52. The number of halogens is 1. The van der Waals surface area contributed by atoms with Gasteiger partial charge >= 0.3 is 0 Å². The molecule has 4 rings (SSSR count). The van der Waals surface area contributed by atoms with Crippen LogP contribution >= 0.6 is 0 Å². The van der Waals surface area contributed by atoms with Gasteiger partial charge in [-0.15, -0.1) is 0 Å². The van der Waals surface area contributed by atoms with Gasteiger partial charge in [-0.2, -0.15) is 4.98 Å². The van der Waals surface area contributed by atoms with Gasteiger partial charge in [0.2, 0.25) is 11.9 Å². The van der Waals surface area contributed by atoms with Gasteiger partial charge < -0.3 is 15.1 Å². The van der Waals surface area contributed by atoms with E-state index in [4.69, 9.17) is 0 Å². The minimum absolute atomic E-state index is 0.164. The van der Waals surface area contributed by atoms with Gasteiger partial charge in [0.1, 0.15) is 11.6 Å². The van der Waals surface area contributed by atoms with Gasteiger partial charge in [-0.05, 0) is 44.4 Å². The Kier molecular flexibility index (Phi) is 4.91. The molecule has 1 aromatic heterocycles. The number of piperazine rings is 1. The van der Waals surface area contributed by atoms with Crippen molar-refractivity contribution in [3.63, 3.8) is 0 Å². The lowest BCUT2D eigenvalue weighted by Gasteiger charge is -2.36. The third-order valence-electron chi connectivity index (χ3n) is 5.61. The van der Waals surface area contributed by atoms with Crippen molar-refractivity contribution >= 4 is 17.7 Å². The highest BCUT2D eigenvalue weighted by atomic mass is 19.1. The molecule has 2 aliphatic rings. The van der Waals surface area contributed by atoms with Crippen LogP contribution in [0.5, 0.6) is 0 Å². The van der Waals surface area contributed by atoms with Crippen molar-refractivity contribution in [2.75, 3.05) is 42.9 Å². The number of rotatable bonds is 5. The Bertz CT molecular complexity index is 858. The maximum atomic E-state index is 13.2. The fraction of sp³-hybridized carbons (Fsp3) is 0.476. The average molecular weight is 383 g/mol. The monoisotopic (exact) mass is 383 g/mol. The van der Waals surface area contributed by atoms with Crippen molar-refractivity contribution in [2.24, 2.45) is 0 Å². The molecule has 1 aliphatic carbocycles. The molecular formula is C21H26FN5O. The van der Waals surface area contributed by atoms with E-state index in [9.17, 15) is 9.18 Å². The van der Waals surface area contributed by atoms with E-state index < -0.39 is 5.41 Å². The van der Waals surface area contributed by atoms with Gasteiger partial charge in [0.25, 0.3) is 0 Å². The molecule has 28 heavy (non-hydrogen) atoms. The topological polar surface area (TPSA) is 61.4 Å². The second-order valence-corrected chi connectivity index (χ2v) is 7.59. The molecule has 0 atom stereocenters. The molecule has 2 fully saturated rings.